The highest BCUT2D eigenvalue weighted by Crippen LogP contribution is 2.22. The number of benzene rings is 1. The highest BCUT2D eigenvalue weighted by atomic mass is 16.5. The zero-order valence-electron chi connectivity index (χ0n) is 11.4. The molecule has 1 rings (SSSR count). The summed E-state index contributed by atoms with van der Waals surface area (Å²) in [6.45, 7) is 5.40. The first-order chi connectivity index (χ1) is 8.08. The SMILES string of the molecule is CCCC(C)N(C)Cc1ccc(OC)c(N)c1. The van der Waals surface area contributed by atoms with Crippen LogP contribution in [0, 0.1) is 0 Å². The van der Waals surface area contributed by atoms with Gasteiger partial charge >= 0.3 is 0 Å². The Morgan fingerprint density at radius 3 is 2.65 bits per heavy atom. The molecule has 0 spiro atoms. The van der Waals surface area contributed by atoms with Crippen LogP contribution >= 0.6 is 0 Å². The van der Waals surface area contributed by atoms with E-state index in [0.717, 1.165) is 12.3 Å². The Labute approximate surface area is 105 Å². The number of ether oxygens (including phenoxy) is 1. The molecule has 0 radical (unpaired) electrons. The standard InChI is InChI=1S/C14H24N2O/c1-5-6-11(2)16(3)10-12-7-8-14(17-4)13(15)9-12/h7-9,11H,5-6,10,15H2,1-4H3. The van der Waals surface area contributed by atoms with Crippen molar-refractivity contribution in [2.75, 3.05) is 19.9 Å². The molecule has 17 heavy (non-hydrogen) atoms. The number of methoxy groups -OCH3 is 1. The molecule has 1 aromatic rings. The van der Waals surface area contributed by atoms with E-state index in [-0.39, 0.29) is 0 Å². The van der Waals surface area contributed by atoms with Crippen LogP contribution in [0.15, 0.2) is 18.2 Å². The van der Waals surface area contributed by atoms with Crippen LogP contribution in [0.1, 0.15) is 32.3 Å². The molecular formula is C14H24N2O. The average Bonchev–Trinajstić information content (AvgIpc) is 2.29. The highest BCUT2D eigenvalue weighted by Gasteiger charge is 2.09. The predicted octanol–water partition coefficient (Wildman–Crippen LogP) is 2.90. The Balaban J connectivity index is 2.65. The third-order valence-corrected chi connectivity index (χ3v) is 3.18. The van der Waals surface area contributed by atoms with Gasteiger partial charge in [0.1, 0.15) is 5.75 Å². The average molecular weight is 236 g/mol. The van der Waals surface area contributed by atoms with Crippen LogP contribution in [-0.2, 0) is 6.54 Å². The van der Waals surface area contributed by atoms with Gasteiger partial charge in [0.05, 0.1) is 12.8 Å². The molecule has 3 heteroatoms. The maximum Gasteiger partial charge on any atom is 0.141 e. The molecule has 0 aromatic heterocycles. The van der Waals surface area contributed by atoms with Gasteiger partial charge in [-0.15, -0.1) is 0 Å². The van der Waals surface area contributed by atoms with Crippen LogP contribution in [0.4, 0.5) is 5.69 Å². The molecule has 0 aliphatic carbocycles. The van der Waals surface area contributed by atoms with E-state index < -0.39 is 0 Å². The maximum atomic E-state index is 5.90. The van der Waals surface area contributed by atoms with Crippen LogP contribution in [0.3, 0.4) is 0 Å². The summed E-state index contributed by atoms with van der Waals surface area (Å²) in [4.78, 5) is 2.35. The lowest BCUT2D eigenvalue weighted by Gasteiger charge is -2.24. The van der Waals surface area contributed by atoms with Gasteiger partial charge in [0.2, 0.25) is 0 Å². The van der Waals surface area contributed by atoms with Crippen molar-refractivity contribution in [3.05, 3.63) is 23.8 Å². The Bertz CT molecular complexity index is 352. The Morgan fingerprint density at radius 2 is 2.12 bits per heavy atom. The van der Waals surface area contributed by atoms with E-state index in [1.807, 2.05) is 12.1 Å². The molecule has 1 atom stereocenters. The fourth-order valence-electron chi connectivity index (χ4n) is 1.96. The number of nitrogens with two attached hydrogens (primary N) is 1. The zero-order valence-corrected chi connectivity index (χ0v) is 11.4. The van der Waals surface area contributed by atoms with Crippen molar-refractivity contribution in [1.29, 1.82) is 0 Å². The Kier molecular flexibility index (Phi) is 5.29. The fraction of sp³-hybridized carbons (Fsp3) is 0.571. The molecule has 0 saturated carbocycles. The minimum Gasteiger partial charge on any atom is -0.495 e. The van der Waals surface area contributed by atoms with Gasteiger partial charge in [0, 0.05) is 12.6 Å². The van der Waals surface area contributed by atoms with Crippen LogP contribution in [0.2, 0.25) is 0 Å². The maximum absolute atomic E-state index is 5.90. The summed E-state index contributed by atoms with van der Waals surface area (Å²) in [5, 5.41) is 0. The topological polar surface area (TPSA) is 38.5 Å². The van der Waals surface area contributed by atoms with Gasteiger partial charge in [-0.1, -0.05) is 19.4 Å². The molecule has 1 unspecified atom stereocenters. The predicted molar refractivity (Wildman–Crippen MR) is 73.2 cm³/mol. The Morgan fingerprint density at radius 1 is 1.41 bits per heavy atom. The van der Waals surface area contributed by atoms with Crippen LogP contribution in [0.25, 0.3) is 0 Å². The first-order valence-electron chi connectivity index (χ1n) is 6.21. The third-order valence-electron chi connectivity index (χ3n) is 3.18. The number of hydrogen-bond donors (Lipinski definition) is 1. The minimum atomic E-state index is 0.600. The van der Waals surface area contributed by atoms with Crippen molar-refractivity contribution in [2.45, 2.75) is 39.3 Å². The molecule has 0 aliphatic heterocycles. The van der Waals surface area contributed by atoms with Crippen molar-refractivity contribution in [3.8, 4) is 5.75 Å². The van der Waals surface area contributed by atoms with Crippen molar-refractivity contribution in [2.24, 2.45) is 0 Å². The minimum absolute atomic E-state index is 0.600. The second kappa shape index (κ2) is 6.50. The molecule has 0 fully saturated rings. The number of anilines is 1. The van der Waals surface area contributed by atoms with Crippen molar-refractivity contribution >= 4 is 5.69 Å². The van der Waals surface area contributed by atoms with E-state index in [0.29, 0.717) is 11.7 Å². The normalized spacial score (nSPS) is 12.8. The number of rotatable bonds is 6. The lowest BCUT2D eigenvalue weighted by molar-refractivity contribution is 0.237. The van der Waals surface area contributed by atoms with Crippen LogP contribution in [-0.4, -0.2) is 25.1 Å². The second-order valence-corrected chi connectivity index (χ2v) is 4.63. The number of nitrogens with zero attached hydrogens (tertiary/aromatic N) is 1. The van der Waals surface area contributed by atoms with Crippen molar-refractivity contribution in [3.63, 3.8) is 0 Å². The van der Waals surface area contributed by atoms with Crippen molar-refractivity contribution in [1.82, 2.24) is 4.90 Å². The van der Waals surface area contributed by atoms with E-state index in [2.05, 4.69) is 31.9 Å². The lowest BCUT2D eigenvalue weighted by atomic mass is 10.1. The smallest absolute Gasteiger partial charge is 0.141 e. The van der Waals surface area contributed by atoms with Gasteiger partial charge in [-0.3, -0.25) is 4.90 Å². The highest BCUT2D eigenvalue weighted by molar-refractivity contribution is 5.54. The van der Waals surface area contributed by atoms with E-state index >= 15 is 0 Å². The van der Waals surface area contributed by atoms with E-state index in [1.165, 1.54) is 18.4 Å². The van der Waals surface area contributed by atoms with Gasteiger partial charge in [0.25, 0.3) is 0 Å². The molecule has 96 valence electrons. The van der Waals surface area contributed by atoms with Gasteiger partial charge in [0.15, 0.2) is 0 Å². The molecule has 0 heterocycles. The Hall–Kier alpha value is -1.22. The summed E-state index contributed by atoms with van der Waals surface area (Å²) >= 11 is 0. The summed E-state index contributed by atoms with van der Waals surface area (Å²) in [6.07, 6.45) is 2.44. The monoisotopic (exact) mass is 236 g/mol. The largest absolute Gasteiger partial charge is 0.495 e. The first kappa shape index (κ1) is 13.8. The van der Waals surface area contributed by atoms with Gasteiger partial charge in [-0.05, 0) is 38.1 Å². The van der Waals surface area contributed by atoms with Gasteiger partial charge in [-0.2, -0.15) is 0 Å². The number of nitrogen functional groups attached to an aromatic ring is 1. The molecular weight excluding hydrogens is 212 g/mol. The summed E-state index contributed by atoms with van der Waals surface area (Å²) in [5.41, 5.74) is 7.84. The summed E-state index contributed by atoms with van der Waals surface area (Å²) < 4.78 is 5.15. The first-order valence-corrected chi connectivity index (χ1v) is 6.21. The molecule has 3 nitrogen and oxygen atoms in total. The number of hydrogen-bond acceptors (Lipinski definition) is 3. The zero-order chi connectivity index (χ0) is 12.8. The van der Waals surface area contributed by atoms with Crippen LogP contribution < -0.4 is 10.5 Å². The summed E-state index contributed by atoms with van der Waals surface area (Å²) in [5.74, 6) is 0.748. The van der Waals surface area contributed by atoms with E-state index in [9.17, 15) is 0 Å². The van der Waals surface area contributed by atoms with E-state index in [1.54, 1.807) is 7.11 Å². The molecule has 0 bridgehead atoms. The quantitative estimate of drug-likeness (QED) is 0.772. The summed E-state index contributed by atoms with van der Waals surface area (Å²) in [6, 6.07) is 6.60. The molecule has 2 N–H and O–H groups in total. The second-order valence-electron chi connectivity index (χ2n) is 4.63. The lowest BCUT2D eigenvalue weighted by Crippen LogP contribution is -2.28. The fourth-order valence-corrected chi connectivity index (χ4v) is 1.96. The van der Waals surface area contributed by atoms with Crippen LogP contribution in [0.5, 0.6) is 5.75 Å². The van der Waals surface area contributed by atoms with Gasteiger partial charge in [-0.25, -0.2) is 0 Å². The van der Waals surface area contributed by atoms with Gasteiger partial charge < -0.3 is 10.5 Å². The summed E-state index contributed by atoms with van der Waals surface area (Å²) in [7, 11) is 3.79. The molecule has 0 amide bonds. The molecule has 0 aliphatic rings. The molecule has 1 aromatic carbocycles. The third kappa shape index (κ3) is 3.93. The van der Waals surface area contributed by atoms with Crippen molar-refractivity contribution < 1.29 is 4.74 Å². The van der Waals surface area contributed by atoms with E-state index in [4.69, 9.17) is 10.5 Å². The molecule has 0 saturated heterocycles.